The lowest BCUT2D eigenvalue weighted by Gasteiger charge is -2.12. The molecule has 1 N–H and O–H groups in total. The van der Waals surface area contributed by atoms with Crippen molar-refractivity contribution < 1.29 is 9.26 Å². The Kier molecular flexibility index (Phi) is 4.12. The maximum atomic E-state index is 6.08. The van der Waals surface area contributed by atoms with Gasteiger partial charge in [0, 0.05) is 5.02 Å². The van der Waals surface area contributed by atoms with E-state index in [-0.39, 0.29) is 12.1 Å². The minimum Gasteiger partial charge on any atom is -0.490 e. The Balaban J connectivity index is 1.93. The summed E-state index contributed by atoms with van der Waals surface area (Å²) in [6.07, 6.45) is 2.21. The molecule has 2 aromatic rings. The third kappa shape index (κ3) is 3.19. The first-order valence-corrected chi connectivity index (χ1v) is 7.55. The molecule has 0 amide bonds. The molecule has 1 fully saturated rings. The molecule has 1 aliphatic heterocycles. The van der Waals surface area contributed by atoms with E-state index in [1.54, 1.807) is 12.1 Å². The minimum absolute atomic E-state index is 0.0628. The second kappa shape index (κ2) is 6.03. The number of rotatable bonds is 4. The lowest BCUT2D eigenvalue weighted by molar-refractivity contribution is 0.243. The van der Waals surface area contributed by atoms with Crippen LogP contribution in [0, 0.1) is 0 Å². The number of halogens is 1. The van der Waals surface area contributed by atoms with Crippen molar-refractivity contribution in [3.05, 3.63) is 29.1 Å². The van der Waals surface area contributed by atoms with Gasteiger partial charge in [-0.05, 0) is 51.4 Å². The van der Waals surface area contributed by atoms with Crippen LogP contribution in [0.4, 0.5) is 0 Å². The number of aromatic nitrogens is 2. The lowest BCUT2D eigenvalue weighted by atomic mass is 10.2. The van der Waals surface area contributed by atoms with Gasteiger partial charge in [0.05, 0.1) is 17.7 Å². The smallest absolute Gasteiger partial charge is 0.244 e. The van der Waals surface area contributed by atoms with Crippen molar-refractivity contribution in [3.63, 3.8) is 0 Å². The summed E-state index contributed by atoms with van der Waals surface area (Å²) in [4.78, 5) is 4.49. The van der Waals surface area contributed by atoms with Gasteiger partial charge in [-0.15, -0.1) is 0 Å². The highest BCUT2D eigenvalue weighted by molar-refractivity contribution is 6.30. The fourth-order valence-electron chi connectivity index (χ4n) is 2.42. The third-order valence-electron chi connectivity index (χ3n) is 3.35. The highest BCUT2D eigenvalue weighted by Gasteiger charge is 2.23. The van der Waals surface area contributed by atoms with Crippen molar-refractivity contribution in [2.75, 3.05) is 6.54 Å². The highest BCUT2D eigenvalue weighted by Crippen LogP contribution is 2.33. The van der Waals surface area contributed by atoms with Gasteiger partial charge in [0.25, 0.3) is 0 Å². The molecule has 0 bridgehead atoms. The van der Waals surface area contributed by atoms with Crippen LogP contribution < -0.4 is 10.1 Å². The largest absolute Gasteiger partial charge is 0.490 e. The SMILES string of the molecule is CC(C)Oc1ccc(Cl)cc1-c1noc([C@H]2CCCN2)n1. The minimum atomic E-state index is 0.0628. The van der Waals surface area contributed by atoms with Crippen LogP contribution in [0.3, 0.4) is 0 Å². The average molecular weight is 308 g/mol. The molecule has 2 heterocycles. The Labute approximate surface area is 128 Å². The molecule has 0 saturated carbocycles. The summed E-state index contributed by atoms with van der Waals surface area (Å²) in [6, 6.07) is 5.58. The summed E-state index contributed by atoms with van der Waals surface area (Å²) in [5.41, 5.74) is 0.754. The molecule has 1 atom stereocenters. The molecule has 1 saturated heterocycles. The molecule has 0 radical (unpaired) electrons. The van der Waals surface area contributed by atoms with Gasteiger partial charge in [-0.25, -0.2) is 0 Å². The standard InChI is InChI=1S/C15H18ClN3O2/c1-9(2)20-13-6-5-10(16)8-11(13)14-18-15(21-19-14)12-4-3-7-17-12/h5-6,8-9,12,17H,3-4,7H2,1-2H3/t12-/m1/s1. The number of ether oxygens (including phenoxy) is 1. The lowest BCUT2D eigenvalue weighted by Crippen LogP contribution is -2.13. The van der Waals surface area contributed by atoms with Gasteiger partial charge in [0.2, 0.25) is 11.7 Å². The Morgan fingerprint density at radius 3 is 3.00 bits per heavy atom. The van der Waals surface area contributed by atoms with Gasteiger partial charge >= 0.3 is 0 Å². The molecule has 6 heteroatoms. The molecular weight excluding hydrogens is 290 g/mol. The fraction of sp³-hybridized carbons (Fsp3) is 0.467. The summed E-state index contributed by atoms with van der Waals surface area (Å²) in [5, 5.41) is 8.03. The Hall–Kier alpha value is -1.59. The molecule has 1 aromatic carbocycles. The number of hydrogen-bond acceptors (Lipinski definition) is 5. The summed E-state index contributed by atoms with van der Waals surface area (Å²) in [7, 11) is 0. The number of hydrogen-bond donors (Lipinski definition) is 1. The van der Waals surface area contributed by atoms with E-state index in [0.717, 1.165) is 24.9 Å². The zero-order valence-corrected chi connectivity index (χ0v) is 12.9. The van der Waals surface area contributed by atoms with Crippen molar-refractivity contribution in [2.45, 2.75) is 38.8 Å². The molecule has 0 aliphatic carbocycles. The zero-order valence-electron chi connectivity index (χ0n) is 12.1. The van der Waals surface area contributed by atoms with Gasteiger partial charge in [0.15, 0.2) is 0 Å². The molecule has 5 nitrogen and oxygen atoms in total. The van der Waals surface area contributed by atoms with Gasteiger partial charge in [0.1, 0.15) is 5.75 Å². The molecule has 3 rings (SSSR count). The summed E-state index contributed by atoms with van der Waals surface area (Å²) < 4.78 is 11.2. The highest BCUT2D eigenvalue weighted by atomic mass is 35.5. The first kappa shape index (κ1) is 14.4. The fourth-order valence-corrected chi connectivity index (χ4v) is 2.59. The van der Waals surface area contributed by atoms with Crippen LogP contribution in [0.2, 0.25) is 5.02 Å². The molecule has 1 aromatic heterocycles. The Morgan fingerprint density at radius 2 is 2.29 bits per heavy atom. The average Bonchev–Trinajstić information content (AvgIpc) is 3.09. The van der Waals surface area contributed by atoms with Gasteiger partial charge in [-0.2, -0.15) is 4.98 Å². The first-order valence-electron chi connectivity index (χ1n) is 7.17. The molecule has 112 valence electrons. The van der Waals surface area contributed by atoms with Crippen molar-refractivity contribution in [3.8, 4) is 17.1 Å². The quantitative estimate of drug-likeness (QED) is 0.935. The van der Waals surface area contributed by atoms with Crippen LogP contribution in [0.15, 0.2) is 22.7 Å². The summed E-state index contributed by atoms with van der Waals surface area (Å²) in [6.45, 7) is 4.94. The molecule has 1 aliphatic rings. The van der Waals surface area contributed by atoms with E-state index < -0.39 is 0 Å². The Bertz CT molecular complexity index is 621. The third-order valence-corrected chi connectivity index (χ3v) is 3.58. The van der Waals surface area contributed by atoms with Crippen LogP contribution in [0.25, 0.3) is 11.4 Å². The zero-order chi connectivity index (χ0) is 14.8. The van der Waals surface area contributed by atoms with Gasteiger partial charge in [-0.3, -0.25) is 0 Å². The van der Waals surface area contributed by atoms with Crippen LogP contribution in [0.5, 0.6) is 5.75 Å². The van der Waals surface area contributed by atoms with Crippen molar-refractivity contribution in [1.29, 1.82) is 0 Å². The second-order valence-electron chi connectivity index (χ2n) is 5.41. The molecule has 21 heavy (non-hydrogen) atoms. The Morgan fingerprint density at radius 1 is 1.43 bits per heavy atom. The van der Waals surface area contributed by atoms with E-state index in [1.165, 1.54) is 0 Å². The molecule has 0 unspecified atom stereocenters. The summed E-state index contributed by atoms with van der Waals surface area (Å²) >= 11 is 6.08. The number of nitrogens with zero attached hydrogens (tertiary/aromatic N) is 2. The van der Waals surface area contributed by atoms with E-state index in [4.69, 9.17) is 20.9 Å². The van der Waals surface area contributed by atoms with E-state index in [2.05, 4.69) is 15.5 Å². The van der Waals surface area contributed by atoms with Crippen LogP contribution in [-0.4, -0.2) is 22.8 Å². The van der Waals surface area contributed by atoms with Crippen molar-refractivity contribution >= 4 is 11.6 Å². The van der Waals surface area contributed by atoms with Crippen molar-refractivity contribution in [1.82, 2.24) is 15.5 Å². The predicted octanol–water partition coefficient (Wildman–Crippen LogP) is 3.60. The van der Waals surface area contributed by atoms with Gasteiger partial charge < -0.3 is 14.6 Å². The van der Waals surface area contributed by atoms with Crippen LogP contribution in [-0.2, 0) is 0 Å². The van der Waals surface area contributed by atoms with Crippen LogP contribution >= 0.6 is 11.6 Å². The normalized spacial score (nSPS) is 18.4. The van der Waals surface area contributed by atoms with E-state index >= 15 is 0 Å². The second-order valence-corrected chi connectivity index (χ2v) is 5.85. The van der Waals surface area contributed by atoms with Crippen LogP contribution in [0.1, 0.15) is 38.6 Å². The van der Waals surface area contributed by atoms with Crippen molar-refractivity contribution in [2.24, 2.45) is 0 Å². The van der Waals surface area contributed by atoms with E-state index in [9.17, 15) is 0 Å². The maximum absolute atomic E-state index is 6.08. The number of benzene rings is 1. The first-order chi connectivity index (χ1) is 10.1. The predicted molar refractivity (Wildman–Crippen MR) is 80.5 cm³/mol. The van der Waals surface area contributed by atoms with E-state index in [1.807, 2.05) is 19.9 Å². The van der Waals surface area contributed by atoms with Gasteiger partial charge in [-0.1, -0.05) is 16.8 Å². The molecule has 0 spiro atoms. The number of nitrogens with one attached hydrogen (secondary N) is 1. The van der Waals surface area contributed by atoms with E-state index in [0.29, 0.717) is 22.5 Å². The summed E-state index contributed by atoms with van der Waals surface area (Å²) in [5.74, 6) is 1.84. The maximum Gasteiger partial charge on any atom is 0.244 e. The monoisotopic (exact) mass is 307 g/mol. The molecular formula is C15H18ClN3O2. The topological polar surface area (TPSA) is 60.2 Å².